The summed E-state index contributed by atoms with van der Waals surface area (Å²) in [5.41, 5.74) is 3.18. The van der Waals surface area contributed by atoms with Gasteiger partial charge in [0.1, 0.15) is 12.4 Å². The minimum atomic E-state index is -3.06. The number of carbonyl (C=O) groups is 1. The van der Waals surface area contributed by atoms with Gasteiger partial charge in [-0.25, -0.2) is 8.42 Å². The van der Waals surface area contributed by atoms with E-state index in [1.165, 1.54) is 5.56 Å². The van der Waals surface area contributed by atoms with Gasteiger partial charge in [0, 0.05) is 17.7 Å². The van der Waals surface area contributed by atoms with Gasteiger partial charge in [-0.2, -0.15) is 0 Å². The number of sulfone groups is 1. The van der Waals surface area contributed by atoms with Crippen LogP contribution in [0.25, 0.3) is 11.3 Å². The van der Waals surface area contributed by atoms with Crippen molar-refractivity contribution in [2.24, 2.45) is 0 Å². The summed E-state index contributed by atoms with van der Waals surface area (Å²) in [4.78, 5) is 12.3. The standard InChI is InChI=1S/C22H22N2O5S/c1-15-4-2-3-5-17(15)13-28-19-8-6-16(7-9-19)21-12-20(24-29-21)22(25)23-18-10-11-30(26,27)14-18/h2-9,12,18H,10-11,13-14H2,1H3,(H,23,25). The van der Waals surface area contributed by atoms with E-state index in [9.17, 15) is 13.2 Å². The fourth-order valence-electron chi connectivity index (χ4n) is 3.33. The maximum atomic E-state index is 12.3. The minimum absolute atomic E-state index is 0.0343. The number of ether oxygens (including phenoxy) is 1. The van der Waals surface area contributed by atoms with Crippen molar-refractivity contribution in [3.8, 4) is 17.1 Å². The molecule has 4 rings (SSSR count). The zero-order valence-corrected chi connectivity index (χ0v) is 17.3. The van der Waals surface area contributed by atoms with Gasteiger partial charge in [-0.1, -0.05) is 29.4 Å². The average Bonchev–Trinajstić information content (AvgIpc) is 3.34. The molecule has 156 valence electrons. The third kappa shape index (κ3) is 4.71. The fourth-order valence-corrected chi connectivity index (χ4v) is 5.01. The van der Waals surface area contributed by atoms with Crippen LogP contribution in [-0.2, 0) is 16.4 Å². The number of rotatable bonds is 6. The molecule has 1 unspecified atom stereocenters. The molecule has 1 atom stereocenters. The number of nitrogens with one attached hydrogen (secondary N) is 1. The first-order valence-electron chi connectivity index (χ1n) is 9.65. The minimum Gasteiger partial charge on any atom is -0.489 e. The van der Waals surface area contributed by atoms with Crippen molar-refractivity contribution in [3.05, 3.63) is 71.4 Å². The Balaban J connectivity index is 1.37. The van der Waals surface area contributed by atoms with Crippen molar-refractivity contribution in [1.29, 1.82) is 0 Å². The quantitative estimate of drug-likeness (QED) is 0.650. The molecular weight excluding hydrogens is 404 g/mol. The fraction of sp³-hybridized carbons (Fsp3) is 0.273. The van der Waals surface area contributed by atoms with E-state index in [2.05, 4.69) is 10.5 Å². The molecule has 1 aliphatic heterocycles. The van der Waals surface area contributed by atoms with Crippen molar-refractivity contribution >= 4 is 15.7 Å². The predicted molar refractivity (Wildman–Crippen MR) is 112 cm³/mol. The Morgan fingerprint density at radius 2 is 1.97 bits per heavy atom. The molecule has 1 fully saturated rings. The second-order valence-corrected chi connectivity index (χ2v) is 9.62. The van der Waals surface area contributed by atoms with Crippen LogP contribution in [0.1, 0.15) is 28.0 Å². The highest BCUT2D eigenvalue weighted by atomic mass is 32.2. The summed E-state index contributed by atoms with van der Waals surface area (Å²) in [6, 6.07) is 16.6. The summed E-state index contributed by atoms with van der Waals surface area (Å²) in [6.07, 6.45) is 0.419. The van der Waals surface area contributed by atoms with Crippen LogP contribution in [0.4, 0.5) is 0 Å². The van der Waals surface area contributed by atoms with Gasteiger partial charge in [0.25, 0.3) is 5.91 Å². The van der Waals surface area contributed by atoms with Crippen LogP contribution in [0.15, 0.2) is 59.1 Å². The average molecular weight is 426 g/mol. The number of aryl methyl sites for hydroxylation is 1. The van der Waals surface area contributed by atoms with Crippen molar-refractivity contribution in [2.75, 3.05) is 11.5 Å². The normalized spacial score (nSPS) is 17.6. The molecule has 1 aromatic heterocycles. The third-order valence-electron chi connectivity index (χ3n) is 5.10. The molecule has 0 spiro atoms. The molecule has 2 heterocycles. The third-order valence-corrected chi connectivity index (χ3v) is 6.87. The second-order valence-electron chi connectivity index (χ2n) is 7.39. The van der Waals surface area contributed by atoms with E-state index in [4.69, 9.17) is 9.26 Å². The molecule has 0 saturated carbocycles. The molecule has 7 nitrogen and oxygen atoms in total. The molecule has 3 aromatic rings. The van der Waals surface area contributed by atoms with Crippen LogP contribution in [0.2, 0.25) is 0 Å². The summed E-state index contributed by atoms with van der Waals surface area (Å²) in [6.45, 7) is 2.53. The number of amides is 1. The van der Waals surface area contributed by atoms with Gasteiger partial charge in [-0.3, -0.25) is 4.79 Å². The maximum absolute atomic E-state index is 12.3. The Hall–Kier alpha value is -3.13. The van der Waals surface area contributed by atoms with Gasteiger partial charge in [-0.15, -0.1) is 0 Å². The van der Waals surface area contributed by atoms with Crippen molar-refractivity contribution in [3.63, 3.8) is 0 Å². The summed E-state index contributed by atoms with van der Waals surface area (Å²) < 4.78 is 34.2. The highest BCUT2D eigenvalue weighted by Crippen LogP contribution is 2.24. The van der Waals surface area contributed by atoms with Crippen LogP contribution < -0.4 is 10.1 Å². The molecule has 1 amide bonds. The Kier molecular flexibility index (Phi) is 5.59. The Morgan fingerprint density at radius 3 is 2.67 bits per heavy atom. The molecule has 30 heavy (non-hydrogen) atoms. The topological polar surface area (TPSA) is 98.5 Å². The van der Waals surface area contributed by atoms with Crippen molar-refractivity contribution < 1.29 is 22.5 Å². The van der Waals surface area contributed by atoms with Crippen LogP contribution in [-0.4, -0.2) is 37.0 Å². The van der Waals surface area contributed by atoms with Crippen LogP contribution in [0.5, 0.6) is 5.75 Å². The lowest BCUT2D eigenvalue weighted by atomic mass is 10.1. The van der Waals surface area contributed by atoms with Gasteiger partial charge in [0.2, 0.25) is 0 Å². The van der Waals surface area contributed by atoms with Gasteiger partial charge in [0.05, 0.1) is 11.5 Å². The summed E-state index contributed by atoms with van der Waals surface area (Å²) in [5.74, 6) is 0.796. The molecule has 0 bridgehead atoms. The largest absolute Gasteiger partial charge is 0.489 e. The van der Waals surface area contributed by atoms with Crippen LogP contribution >= 0.6 is 0 Å². The smallest absolute Gasteiger partial charge is 0.273 e. The molecule has 1 aliphatic rings. The van der Waals surface area contributed by atoms with E-state index in [1.807, 2.05) is 55.5 Å². The van der Waals surface area contributed by atoms with Crippen LogP contribution in [0.3, 0.4) is 0 Å². The van der Waals surface area contributed by atoms with E-state index in [1.54, 1.807) is 6.07 Å². The number of hydrogen-bond acceptors (Lipinski definition) is 6. The van der Waals surface area contributed by atoms with Crippen molar-refractivity contribution in [2.45, 2.75) is 26.0 Å². The number of nitrogens with zero attached hydrogens (tertiary/aromatic N) is 1. The SMILES string of the molecule is Cc1ccccc1COc1ccc(-c2cc(C(=O)NC3CCS(=O)(=O)C3)no2)cc1. The first-order chi connectivity index (χ1) is 14.4. The highest BCUT2D eigenvalue weighted by molar-refractivity contribution is 7.91. The van der Waals surface area contributed by atoms with E-state index < -0.39 is 15.7 Å². The molecule has 8 heteroatoms. The molecule has 1 saturated heterocycles. The predicted octanol–water partition coefficient (Wildman–Crippen LogP) is 3.15. The molecular formula is C22H22N2O5S. The summed E-state index contributed by atoms with van der Waals surface area (Å²) in [7, 11) is -3.06. The highest BCUT2D eigenvalue weighted by Gasteiger charge is 2.29. The zero-order valence-electron chi connectivity index (χ0n) is 16.5. The van der Waals surface area contributed by atoms with Crippen molar-refractivity contribution in [1.82, 2.24) is 10.5 Å². The molecule has 1 N–H and O–H groups in total. The van der Waals surface area contributed by atoms with Gasteiger partial charge in [-0.05, 0) is 48.7 Å². The molecule has 0 aliphatic carbocycles. The van der Waals surface area contributed by atoms with E-state index >= 15 is 0 Å². The lowest BCUT2D eigenvalue weighted by Gasteiger charge is -2.09. The van der Waals surface area contributed by atoms with E-state index in [0.29, 0.717) is 18.8 Å². The number of hydrogen-bond donors (Lipinski definition) is 1. The molecule has 2 aromatic carbocycles. The monoisotopic (exact) mass is 426 g/mol. The van der Waals surface area contributed by atoms with Crippen LogP contribution in [0, 0.1) is 6.92 Å². The van der Waals surface area contributed by atoms with Gasteiger partial charge in [0.15, 0.2) is 21.3 Å². The molecule has 0 radical (unpaired) electrons. The lowest BCUT2D eigenvalue weighted by molar-refractivity contribution is 0.0932. The number of carbonyl (C=O) groups excluding carboxylic acids is 1. The van der Waals surface area contributed by atoms with E-state index in [-0.39, 0.29) is 23.2 Å². The zero-order chi connectivity index (χ0) is 21.1. The second kappa shape index (κ2) is 8.31. The Morgan fingerprint density at radius 1 is 1.20 bits per heavy atom. The van der Waals surface area contributed by atoms with Gasteiger partial charge >= 0.3 is 0 Å². The Bertz CT molecular complexity index is 1150. The first-order valence-corrected chi connectivity index (χ1v) is 11.5. The number of aromatic nitrogens is 1. The maximum Gasteiger partial charge on any atom is 0.273 e. The van der Waals surface area contributed by atoms with E-state index in [0.717, 1.165) is 16.9 Å². The van der Waals surface area contributed by atoms with Gasteiger partial charge < -0.3 is 14.6 Å². The first kappa shape index (κ1) is 20.2. The summed E-state index contributed by atoms with van der Waals surface area (Å²) >= 11 is 0. The number of benzene rings is 2. The summed E-state index contributed by atoms with van der Waals surface area (Å²) in [5, 5.41) is 6.51. The lowest BCUT2D eigenvalue weighted by Crippen LogP contribution is -2.35. The Labute approximate surface area is 175 Å².